The third-order valence-electron chi connectivity index (χ3n) is 3.97. The van der Waals surface area contributed by atoms with Crippen molar-refractivity contribution in [2.75, 3.05) is 19.6 Å². The Kier molecular flexibility index (Phi) is 5.49. The van der Waals surface area contributed by atoms with Gasteiger partial charge in [0.25, 0.3) is 0 Å². The van der Waals surface area contributed by atoms with Crippen molar-refractivity contribution in [3.63, 3.8) is 0 Å². The summed E-state index contributed by atoms with van der Waals surface area (Å²) in [5.74, 6) is -1.65. The quantitative estimate of drug-likeness (QED) is 0.870. The molecule has 1 amide bonds. The smallest absolute Gasteiger partial charge is 0.307 e. The van der Waals surface area contributed by atoms with Gasteiger partial charge in [-0.2, -0.15) is 0 Å². The molecule has 1 saturated heterocycles. The average molecular weight is 308 g/mol. The summed E-state index contributed by atoms with van der Waals surface area (Å²) in [6.07, 6.45) is 1.46. The minimum absolute atomic E-state index is 0.150. The van der Waals surface area contributed by atoms with E-state index < -0.39 is 11.9 Å². The molecule has 0 radical (unpaired) electrons. The third kappa shape index (κ3) is 4.53. The predicted octanol–water partition coefficient (Wildman–Crippen LogP) is 1.80. The first kappa shape index (κ1) is 16.4. The molecule has 1 fully saturated rings. The van der Waals surface area contributed by atoms with E-state index in [1.54, 1.807) is 12.1 Å². The zero-order valence-corrected chi connectivity index (χ0v) is 12.6. The van der Waals surface area contributed by atoms with E-state index in [0.29, 0.717) is 13.0 Å². The molecule has 0 bridgehead atoms. The Morgan fingerprint density at radius 1 is 1.41 bits per heavy atom. The third-order valence-corrected chi connectivity index (χ3v) is 3.97. The molecule has 0 aliphatic carbocycles. The second kappa shape index (κ2) is 7.35. The lowest BCUT2D eigenvalue weighted by atomic mass is 9.98. The normalized spacial score (nSPS) is 20.4. The second-order valence-electron chi connectivity index (χ2n) is 5.75. The van der Waals surface area contributed by atoms with Crippen molar-refractivity contribution in [1.29, 1.82) is 0 Å². The summed E-state index contributed by atoms with van der Waals surface area (Å²) in [5, 5.41) is 11.9. The van der Waals surface area contributed by atoms with Crippen LogP contribution >= 0.6 is 0 Å². The van der Waals surface area contributed by atoms with Crippen LogP contribution in [0.15, 0.2) is 24.3 Å². The molecule has 1 aromatic carbocycles. The van der Waals surface area contributed by atoms with E-state index in [2.05, 4.69) is 5.32 Å². The van der Waals surface area contributed by atoms with Gasteiger partial charge in [-0.25, -0.2) is 4.39 Å². The maximum absolute atomic E-state index is 12.9. The number of nitrogens with one attached hydrogen (secondary N) is 1. The number of nitrogens with zero attached hydrogens (tertiary/aromatic N) is 1. The number of amides is 1. The molecule has 22 heavy (non-hydrogen) atoms. The summed E-state index contributed by atoms with van der Waals surface area (Å²) in [5.41, 5.74) is 0.830. The Morgan fingerprint density at radius 3 is 2.73 bits per heavy atom. The first-order valence-corrected chi connectivity index (χ1v) is 7.45. The molecule has 120 valence electrons. The Bertz CT molecular complexity index is 533. The molecular weight excluding hydrogens is 287 g/mol. The van der Waals surface area contributed by atoms with Crippen LogP contribution in [-0.2, 0) is 9.59 Å². The highest BCUT2D eigenvalue weighted by atomic mass is 19.1. The van der Waals surface area contributed by atoms with Crippen molar-refractivity contribution in [3.05, 3.63) is 35.6 Å². The van der Waals surface area contributed by atoms with Crippen molar-refractivity contribution < 1.29 is 19.1 Å². The molecule has 5 nitrogen and oxygen atoms in total. The lowest BCUT2D eigenvalue weighted by molar-refractivity contribution is -0.144. The summed E-state index contributed by atoms with van der Waals surface area (Å²) >= 11 is 0. The van der Waals surface area contributed by atoms with E-state index in [4.69, 9.17) is 5.11 Å². The second-order valence-corrected chi connectivity index (χ2v) is 5.75. The van der Waals surface area contributed by atoms with Gasteiger partial charge in [0.15, 0.2) is 0 Å². The molecule has 2 atom stereocenters. The fourth-order valence-corrected chi connectivity index (χ4v) is 2.73. The summed E-state index contributed by atoms with van der Waals surface area (Å²) in [4.78, 5) is 25.0. The van der Waals surface area contributed by atoms with E-state index in [9.17, 15) is 14.0 Å². The van der Waals surface area contributed by atoms with Crippen molar-refractivity contribution >= 4 is 11.9 Å². The number of carbonyl (C=O) groups excluding carboxylic acids is 1. The van der Waals surface area contributed by atoms with Gasteiger partial charge in [-0.3, -0.25) is 14.5 Å². The van der Waals surface area contributed by atoms with Crippen LogP contribution in [0.25, 0.3) is 0 Å². The van der Waals surface area contributed by atoms with Gasteiger partial charge in [0, 0.05) is 6.54 Å². The van der Waals surface area contributed by atoms with E-state index in [0.717, 1.165) is 18.5 Å². The van der Waals surface area contributed by atoms with Crippen LogP contribution in [0, 0.1) is 11.7 Å². The van der Waals surface area contributed by atoms with Crippen LogP contribution in [-0.4, -0.2) is 41.5 Å². The standard InChI is InChI=1S/C16H21FN2O3/c1-11(12-4-6-14(17)7-5-12)18-15(20)10-19-8-2-3-13(9-19)16(21)22/h4-7,11,13H,2-3,8-10H2,1H3,(H,18,20)(H,21,22)/t11-,13-/m1/s1. The maximum atomic E-state index is 12.9. The number of rotatable bonds is 5. The average Bonchev–Trinajstić information content (AvgIpc) is 2.47. The molecule has 1 aliphatic rings. The minimum atomic E-state index is -0.801. The molecular formula is C16H21FN2O3. The summed E-state index contributed by atoms with van der Waals surface area (Å²) < 4.78 is 12.9. The Labute approximate surface area is 129 Å². The van der Waals surface area contributed by atoms with Crippen molar-refractivity contribution in [3.8, 4) is 0 Å². The number of carboxylic acids is 1. The first-order chi connectivity index (χ1) is 10.5. The number of aliphatic carboxylic acids is 1. The van der Waals surface area contributed by atoms with Gasteiger partial charge in [0.05, 0.1) is 18.5 Å². The SMILES string of the molecule is C[C@@H](NC(=O)CN1CCC[C@@H](C(=O)O)C1)c1ccc(F)cc1. The number of piperidine rings is 1. The van der Waals surface area contributed by atoms with E-state index in [1.165, 1.54) is 12.1 Å². The van der Waals surface area contributed by atoms with Gasteiger partial charge in [-0.05, 0) is 44.0 Å². The summed E-state index contributed by atoms with van der Waals surface area (Å²) in [6, 6.07) is 5.79. The number of likely N-dealkylation sites (tertiary alicyclic amines) is 1. The number of carboxylic acid groups (broad SMARTS) is 1. The monoisotopic (exact) mass is 308 g/mol. The highest BCUT2D eigenvalue weighted by molar-refractivity contribution is 5.78. The molecule has 2 N–H and O–H groups in total. The van der Waals surface area contributed by atoms with Crippen molar-refractivity contribution in [2.45, 2.75) is 25.8 Å². The molecule has 6 heteroatoms. The van der Waals surface area contributed by atoms with Crippen molar-refractivity contribution in [1.82, 2.24) is 10.2 Å². The lowest BCUT2D eigenvalue weighted by Gasteiger charge is -2.30. The number of benzene rings is 1. The van der Waals surface area contributed by atoms with Crippen LogP contribution in [0.1, 0.15) is 31.4 Å². The van der Waals surface area contributed by atoms with E-state index in [1.807, 2.05) is 11.8 Å². The first-order valence-electron chi connectivity index (χ1n) is 7.45. The highest BCUT2D eigenvalue weighted by Gasteiger charge is 2.26. The van der Waals surface area contributed by atoms with E-state index >= 15 is 0 Å². The summed E-state index contributed by atoms with van der Waals surface area (Å²) in [6.45, 7) is 3.17. The Hall–Kier alpha value is -1.95. The van der Waals surface area contributed by atoms with E-state index in [-0.39, 0.29) is 24.3 Å². The lowest BCUT2D eigenvalue weighted by Crippen LogP contribution is -2.44. The zero-order chi connectivity index (χ0) is 16.1. The van der Waals surface area contributed by atoms with Crippen LogP contribution in [0.2, 0.25) is 0 Å². The topological polar surface area (TPSA) is 69.6 Å². The maximum Gasteiger partial charge on any atom is 0.307 e. The summed E-state index contributed by atoms with van der Waals surface area (Å²) in [7, 11) is 0. The molecule has 1 aliphatic heterocycles. The number of hydrogen-bond donors (Lipinski definition) is 2. The Morgan fingerprint density at radius 2 is 2.09 bits per heavy atom. The van der Waals surface area contributed by atoms with Gasteiger partial charge in [0.2, 0.25) is 5.91 Å². The van der Waals surface area contributed by atoms with Crippen LogP contribution < -0.4 is 5.32 Å². The molecule has 0 unspecified atom stereocenters. The van der Waals surface area contributed by atoms with Gasteiger partial charge in [-0.15, -0.1) is 0 Å². The molecule has 0 aromatic heterocycles. The van der Waals surface area contributed by atoms with Gasteiger partial charge < -0.3 is 10.4 Å². The van der Waals surface area contributed by atoms with Gasteiger partial charge in [-0.1, -0.05) is 12.1 Å². The molecule has 0 saturated carbocycles. The molecule has 1 aromatic rings. The van der Waals surface area contributed by atoms with Gasteiger partial charge >= 0.3 is 5.97 Å². The zero-order valence-electron chi connectivity index (χ0n) is 12.6. The largest absolute Gasteiger partial charge is 0.481 e. The molecule has 0 spiro atoms. The fraction of sp³-hybridized carbons (Fsp3) is 0.500. The highest BCUT2D eigenvalue weighted by Crippen LogP contribution is 2.17. The molecule has 1 heterocycles. The fourth-order valence-electron chi connectivity index (χ4n) is 2.73. The Balaban J connectivity index is 1.84. The number of hydrogen-bond acceptors (Lipinski definition) is 3. The van der Waals surface area contributed by atoms with Crippen LogP contribution in [0.5, 0.6) is 0 Å². The number of halogens is 1. The van der Waals surface area contributed by atoms with Gasteiger partial charge in [0.1, 0.15) is 5.82 Å². The minimum Gasteiger partial charge on any atom is -0.481 e. The predicted molar refractivity (Wildman–Crippen MR) is 79.8 cm³/mol. The number of carbonyl (C=O) groups is 2. The van der Waals surface area contributed by atoms with Crippen LogP contribution in [0.3, 0.4) is 0 Å². The van der Waals surface area contributed by atoms with Crippen molar-refractivity contribution in [2.24, 2.45) is 5.92 Å². The van der Waals surface area contributed by atoms with Crippen LogP contribution in [0.4, 0.5) is 4.39 Å². The molecule has 2 rings (SSSR count).